The summed E-state index contributed by atoms with van der Waals surface area (Å²) in [5.74, 6) is 1.32. The molecule has 0 saturated heterocycles. The van der Waals surface area contributed by atoms with Gasteiger partial charge in [-0.3, -0.25) is 4.79 Å². The van der Waals surface area contributed by atoms with Crippen LogP contribution in [0.2, 0.25) is 0 Å². The van der Waals surface area contributed by atoms with E-state index >= 15 is 0 Å². The van der Waals surface area contributed by atoms with Gasteiger partial charge in [0.2, 0.25) is 5.91 Å². The largest absolute Gasteiger partial charge is 0.316 e. The number of carbonyl (C=O) groups excluding carboxylic acids is 1. The third-order valence-corrected chi connectivity index (χ3v) is 6.48. The van der Waals surface area contributed by atoms with Gasteiger partial charge in [0.15, 0.2) is 5.16 Å². The molecule has 1 aliphatic carbocycles. The number of hydrogen-bond acceptors (Lipinski definition) is 6. The Balaban J connectivity index is 1.66. The Bertz CT molecular complexity index is 831. The number of fused-ring (bicyclic) bond motifs is 1. The fourth-order valence-corrected chi connectivity index (χ4v) is 4.99. The minimum Gasteiger partial charge on any atom is -0.316 e. The minimum absolute atomic E-state index is 0.116. The Morgan fingerprint density at radius 1 is 1.40 bits per heavy atom. The van der Waals surface area contributed by atoms with E-state index in [1.54, 1.807) is 11.3 Å². The van der Waals surface area contributed by atoms with Crippen molar-refractivity contribution < 1.29 is 4.79 Å². The van der Waals surface area contributed by atoms with Crippen LogP contribution in [0.1, 0.15) is 54.4 Å². The molecule has 0 spiro atoms. The molecule has 8 heteroatoms. The molecular formula is C17H21N5OS2. The molecule has 1 N–H and O–H groups in total. The molecule has 6 nitrogen and oxygen atoms in total. The summed E-state index contributed by atoms with van der Waals surface area (Å²) in [4.78, 5) is 13.6. The van der Waals surface area contributed by atoms with E-state index in [0.29, 0.717) is 10.6 Å². The summed E-state index contributed by atoms with van der Waals surface area (Å²) >= 11 is 2.91. The van der Waals surface area contributed by atoms with E-state index in [-0.39, 0.29) is 17.6 Å². The van der Waals surface area contributed by atoms with Crippen LogP contribution < -0.4 is 5.32 Å². The first-order valence-corrected chi connectivity index (χ1v) is 10.2. The second-order valence-electron chi connectivity index (χ2n) is 6.42. The number of aryl methyl sites for hydroxylation is 1. The van der Waals surface area contributed by atoms with Crippen LogP contribution in [0, 0.1) is 11.3 Å². The van der Waals surface area contributed by atoms with Crippen molar-refractivity contribution in [2.75, 3.05) is 11.1 Å². The lowest BCUT2D eigenvalue weighted by Crippen LogP contribution is -2.14. The molecule has 2 aromatic heterocycles. The zero-order chi connectivity index (χ0) is 18.0. The van der Waals surface area contributed by atoms with Crippen LogP contribution in [0.4, 0.5) is 5.00 Å². The topological polar surface area (TPSA) is 83.6 Å². The van der Waals surface area contributed by atoms with Crippen LogP contribution in [0.3, 0.4) is 0 Å². The number of carbonyl (C=O) groups is 1. The van der Waals surface area contributed by atoms with Crippen molar-refractivity contribution in [2.45, 2.75) is 50.6 Å². The van der Waals surface area contributed by atoms with E-state index in [1.165, 1.54) is 16.6 Å². The number of amides is 1. The molecule has 0 radical (unpaired) electrons. The average molecular weight is 376 g/mol. The first-order chi connectivity index (χ1) is 12.0. The molecule has 0 fully saturated rings. The number of nitrogens with zero attached hydrogens (tertiary/aromatic N) is 4. The molecular weight excluding hydrogens is 354 g/mol. The molecule has 1 amide bonds. The van der Waals surface area contributed by atoms with E-state index in [2.05, 4.69) is 35.4 Å². The van der Waals surface area contributed by atoms with Gasteiger partial charge in [-0.2, -0.15) is 5.26 Å². The highest BCUT2D eigenvalue weighted by atomic mass is 32.2. The van der Waals surface area contributed by atoms with Crippen LogP contribution in [0.25, 0.3) is 0 Å². The Hall–Kier alpha value is -1.85. The highest BCUT2D eigenvalue weighted by Crippen LogP contribution is 2.37. The van der Waals surface area contributed by atoms with Crippen LogP contribution in [0.5, 0.6) is 0 Å². The highest BCUT2D eigenvalue weighted by Gasteiger charge is 2.22. The van der Waals surface area contributed by atoms with E-state index in [1.807, 2.05) is 11.6 Å². The fraction of sp³-hybridized carbons (Fsp3) is 0.529. The van der Waals surface area contributed by atoms with Crippen molar-refractivity contribution in [3.63, 3.8) is 0 Å². The maximum Gasteiger partial charge on any atom is 0.235 e. The van der Waals surface area contributed by atoms with Gasteiger partial charge in [0.1, 0.15) is 16.9 Å². The quantitative estimate of drug-likeness (QED) is 0.809. The van der Waals surface area contributed by atoms with Crippen molar-refractivity contribution in [2.24, 2.45) is 7.05 Å². The lowest BCUT2D eigenvalue weighted by atomic mass is 9.96. The molecule has 0 aliphatic heterocycles. The fourth-order valence-electron chi connectivity index (χ4n) is 3.02. The summed E-state index contributed by atoms with van der Waals surface area (Å²) in [6.07, 6.45) is 4.23. The molecule has 25 heavy (non-hydrogen) atoms. The van der Waals surface area contributed by atoms with Gasteiger partial charge in [-0.15, -0.1) is 21.5 Å². The Kier molecular flexibility index (Phi) is 5.45. The van der Waals surface area contributed by atoms with Crippen LogP contribution in [0.15, 0.2) is 5.16 Å². The van der Waals surface area contributed by atoms with E-state index in [0.717, 1.165) is 42.2 Å². The molecule has 2 heterocycles. The van der Waals surface area contributed by atoms with Gasteiger partial charge in [-0.25, -0.2) is 0 Å². The van der Waals surface area contributed by atoms with Gasteiger partial charge in [0.25, 0.3) is 0 Å². The van der Waals surface area contributed by atoms with Gasteiger partial charge in [-0.1, -0.05) is 25.6 Å². The zero-order valence-electron chi connectivity index (χ0n) is 14.6. The third-order valence-electron chi connectivity index (χ3n) is 4.25. The summed E-state index contributed by atoms with van der Waals surface area (Å²) in [5.41, 5.74) is 1.79. The maximum atomic E-state index is 12.3. The Morgan fingerprint density at radius 3 is 2.84 bits per heavy atom. The number of anilines is 1. The summed E-state index contributed by atoms with van der Waals surface area (Å²) in [5, 5.41) is 22.1. The molecule has 0 saturated carbocycles. The minimum atomic E-state index is -0.116. The molecule has 0 unspecified atom stereocenters. The first-order valence-electron chi connectivity index (χ1n) is 8.37. The van der Waals surface area contributed by atoms with Crippen molar-refractivity contribution in [1.29, 1.82) is 5.26 Å². The highest BCUT2D eigenvalue weighted by molar-refractivity contribution is 7.99. The normalized spacial score (nSPS) is 13.6. The lowest BCUT2D eigenvalue weighted by Gasteiger charge is -2.09. The van der Waals surface area contributed by atoms with Crippen LogP contribution in [-0.4, -0.2) is 26.4 Å². The van der Waals surface area contributed by atoms with Crippen molar-refractivity contribution in [1.82, 2.24) is 14.8 Å². The third kappa shape index (κ3) is 3.72. The van der Waals surface area contributed by atoms with Gasteiger partial charge < -0.3 is 9.88 Å². The predicted molar refractivity (Wildman–Crippen MR) is 100 cm³/mol. The van der Waals surface area contributed by atoms with E-state index in [9.17, 15) is 10.1 Å². The molecule has 0 atom stereocenters. The number of nitrogens with one attached hydrogen (secondary N) is 1. The smallest absolute Gasteiger partial charge is 0.235 e. The number of hydrogen-bond donors (Lipinski definition) is 1. The summed E-state index contributed by atoms with van der Waals surface area (Å²) < 4.78 is 1.92. The van der Waals surface area contributed by atoms with Crippen molar-refractivity contribution in [3.05, 3.63) is 21.8 Å². The standard InChI is InChI=1S/C17H21N5OS2/c1-10(2)15-20-21-17(22(15)3)24-9-14(23)19-16-12(8-18)11-6-4-5-7-13(11)25-16/h10H,4-7,9H2,1-3H3,(H,19,23). The first kappa shape index (κ1) is 18.0. The lowest BCUT2D eigenvalue weighted by molar-refractivity contribution is -0.113. The number of thiophene rings is 1. The number of aromatic nitrogens is 3. The van der Waals surface area contributed by atoms with Gasteiger partial charge >= 0.3 is 0 Å². The van der Waals surface area contributed by atoms with E-state index < -0.39 is 0 Å². The summed E-state index contributed by atoms with van der Waals surface area (Å²) in [7, 11) is 1.91. The second kappa shape index (κ2) is 7.58. The number of nitriles is 1. The molecule has 1 aliphatic rings. The second-order valence-corrected chi connectivity index (χ2v) is 8.47. The number of rotatable bonds is 5. The number of thioether (sulfide) groups is 1. The predicted octanol–water partition coefficient (Wildman–Crippen LogP) is 3.48. The SMILES string of the molecule is CC(C)c1nnc(SCC(=O)Nc2sc3c(c2C#N)CCCC3)n1C. The summed E-state index contributed by atoms with van der Waals surface area (Å²) in [6, 6.07) is 2.27. The zero-order valence-corrected chi connectivity index (χ0v) is 16.3. The van der Waals surface area contributed by atoms with Crippen LogP contribution >= 0.6 is 23.1 Å². The van der Waals surface area contributed by atoms with Crippen molar-refractivity contribution >= 4 is 34.0 Å². The Labute approximate surface area is 155 Å². The van der Waals surface area contributed by atoms with Gasteiger partial charge in [-0.05, 0) is 31.2 Å². The summed E-state index contributed by atoms with van der Waals surface area (Å²) in [6.45, 7) is 4.13. The maximum absolute atomic E-state index is 12.3. The van der Waals surface area contributed by atoms with Gasteiger partial charge in [0.05, 0.1) is 11.3 Å². The Morgan fingerprint density at radius 2 is 2.16 bits per heavy atom. The molecule has 3 rings (SSSR count). The van der Waals surface area contributed by atoms with Crippen LogP contribution in [-0.2, 0) is 24.7 Å². The molecule has 0 bridgehead atoms. The molecule has 0 aromatic carbocycles. The molecule has 2 aromatic rings. The monoisotopic (exact) mass is 375 g/mol. The van der Waals surface area contributed by atoms with Gasteiger partial charge in [0, 0.05) is 17.8 Å². The van der Waals surface area contributed by atoms with E-state index in [4.69, 9.17) is 0 Å². The average Bonchev–Trinajstić information content (AvgIpc) is 3.12. The molecule has 132 valence electrons. The van der Waals surface area contributed by atoms with Crippen molar-refractivity contribution in [3.8, 4) is 6.07 Å².